The maximum atomic E-state index is 11.5. The number of esters is 1. The number of methoxy groups -OCH3 is 1. The molecular weight excluding hydrogens is 248 g/mol. The Morgan fingerprint density at radius 2 is 2.26 bits per heavy atom. The molecule has 0 aromatic carbocycles. The van der Waals surface area contributed by atoms with Crippen LogP contribution in [0.4, 0.5) is 5.82 Å². The quantitative estimate of drug-likeness (QED) is 0.553. The van der Waals surface area contributed by atoms with Gasteiger partial charge in [-0.15, -0.1) is 0 Å². The molecule has 6 heteroatoms. The molecular formula is C13H20N2O4. The van der Waals surface area contributed by atoms with Gasteiger partial charge in [-0.25, -0.2) is 9.78 Å². The van der Waals surface area contributed by atoms with Gasteiger partial charge in [0.1, 0.15) is 5.82 Å². The predicted molar refractivity (Wildman–Crippen MR) is 71.4 cm³/mol. The van der Waals surface area contributed by atoms with E-state index in [0.29, 0.717) is 31.1 Å². The van der Waals surface area contributed by atoms with Gasteiger partial charge in [0.15, 0.2) is 0 Å². The van der Waals surface area contributed by atoms with Gasteiger partial charge >= 0.3 is 5.97 Å². The summed E-state index contributed by atoms with van der Waals surface area (Å²) in [7, 11) is 1.35. The zero-order chi connectivity index (χ0) is 14.1. The Bertz CT molecular complexity index is 398. The summed E-state index contributed by atoms with van der Waals surface area (Å²) in [6.07, 6.45) is 1.58. The molecule has 0 amide bonds. The number of aliphatic hydroxyl groups is 1. The molecule has 1 aromatic heterocycles. The van der Waals surface area contributed by atoms with E-state index in [1.165, 1.54) is 7.11 Å². The number of aliphatic hydroxyl groups excluding tert-OH is 1. The normalized spacial score (nSPS) is 10.3. The monoisotopic (exact) mass is 268 g/mol. The molecule has 0 saturated carbocycles. The number of carbonyl (C=O) groups is 1. The topological polar surface area (TPSA) is 71.9 Å². The minimum Gasteiger partial charge on any atom is -0.465 e. The molecule has 0 spiro atoms. The van der Waals surface area contributed by atoms with Crippen molar-refractivity contribution in [2.75, 3.05) is 44.9 Å². The van der Waals surface area contributed by atoms with Crippen molar-refractivity contribution in [1.82, 2.24) is 4.98 Å². The predicted octanol–water partition coefficient (Wildman–Crippen LogP) is 0.703. The van der Waals surface area contributed by atoms with Crippen molar-refractivity contribution in [2.45, 2.75) is 6.92 Å². The number of carbonyl (C=O) groups excluding carboxylic acids is 1. The Kier molecular flexibility index (Phi) is 6.84. The van der Waals surface area contributed by atoms with Crippen LogP contribution < -0.4 is 4.90 Å². The highest BCUT2D eigenvalue weighted by Gasteiger charge is 2.10. The lowest BCUT2D eigenvalue weighted by atomic mass is 10.2. The average Bonchev–Trinajstić information content (AvgIpc) is 2.46. The van der Waals surface area contributed by atoms with Crippen molar-refractivity contribution in [1.29, 1.82) is 0 Å². The molecule has 1 rings (SSSR count). The maximum absolute atomic E-state index is 11.5. The van der Waals surface area contributed by atoms with E-state index < -0.39 is 0 Å². The molecule has 0 saturated heterocycles. The molecule has 0 atom stereocenters. The van der Waals surface area contributed by atoms with E-state index in [1.807, 2.05) is 11.8 Å². The standard InChI is InChI=1S/C13H20N2O4/c1-3-15(6-8-19-9-7-16)12-10-11(4-5-14-12)13(17)18-2/h4-5,10,16H,3,6-9H2,1-2H3. The van der Waals surface area contributed by atoms with Gasteiger partial charge in [-0.2, -0.15) is 0 Å². The van der Waals surface area contributed by atoms with E-state index in [0.717, 1.165) is 6.54 Å². The smallest absolute Gasteiger partial charge is 0.338 e. The highest BCUT2D eigenvalue weighted by Crippen LogP contribution is 2.13. The van der Waals surface area contributed by atoms with Gasteiger partial charge in [0.25, 0.3) is 0 Å². The molecule has 0 fully saturated rings. The number of ether oxygens (including phenoxy) is 2. The molecule has 0 aliphatic rings. The van der Waals surface area contributed by atoms with Crippen LogP contribution in [0, 0.1) is 0 Å². The van der Waals surface area contributed by atoms with Crippen LogP contribution in [-0.2, 0) is 9.47 Å². The van der Waals surface area contributed by atoms with Gasteiger partial charge in [0.05, 0.1) is 32.5 Å². The van der Waals surface area contributed by atoms with Crippen LogP contribution >= 0.6 is 0 Å². The second-order valence-electron chi connectivity index (χ2n) is 3.81. The number of hydrogen-bond donors (Lipinski definition) is 1. The second kappa shape index (κ2) is 8.44. The Morgan fingerprint density at radius 1 is 1.47 bits per heavy atom. The van der Waals surface area contributed by atoms with Crippen molar-refractivity contribution in [3.63, 3.8) is 0 Å². The summed E-state index contributed by atoms with van der Waals surface area (Å²) >= 11 is 0. The van der Waals surface area contributed by atoms with Crippen molar-refractivity contribution < 1.29 is 19.4 Å². The molecule has 19 heavy (non-hydrogen) atoms. The van der Waals surface area contributed by atoms with Gasteiger partial charge < -0.3 is 19.5 Å². The lowest BCUT2D eigenvalue weighted by Gasteiger charge is -2.22. The number of nitrogens with zero attached hydrogens (tertiary/aromatic N) is 2. The average molecular weight is 268 g/mol. The summed E-state index contributed by atoms with van der Waals surface area (Å²) in [5.74, 6) is 0.328. The zero-order valence-corrected chi connectivity index (χ0v) is 11.3. The molecule has 0 aliphatic carbocycles. The Labute approximate surface area is 113 Å². The fourth-order valence-corrected chi connectivity index (χ4v) is 1.61. The van der Waals surface area contributed by atoms with Crippen LogP contribution in [0.5, 0.6) is 0 Å². The largest absolute Gasteiger partial charge is 0.465 e. The van der Waals surface area contributed by atoms with E-state index in [-0.39, 0.29) is 12.6 Å². The molecule has 0 aliphatic heterocycles. The Balaban J connectivity index is 2.67. The molecule has 106 valence electrons. The van der Waals surface area contributed by atoms with Crippen LogP contribution in [0.15, 0.2) is 18.3 Å². The third-order valence-corrected chi connectivity index (χ3v) is 2.61. The summed E-state index contributed by atoms with van der Waals surface area (Å²) in [6, 6.07) is 3.31. The van der Waals surface area contributed by atoms with Gasteiger partial charge in [0.2, 0.25) is 0 Å². The van der Waals surface area contributed by atoms with Crippen molar-refractivity contribution in [2.24, 2.45) is 0 Å². The summed E-state index contributed by atoms with van der Waals surface area (Å²) < 4.78 is 9.90. The first-order valence-corrected chi connectivity index (χ1v) is 6.20. The first-order valence-electron chi connectivity index (χ1n) is 6.20. The molecule has 1 aromatic rings. The lowest BCUT2D eigenvalue weighted by molar-refractivity contribution is 0.0600. The van der Waals surface area contributed by atoms with Gasteiger partial charge in [-0.1, -0.05) is 0 Å². The number of pyridine rings is 1. The summed E-state index contributed by atoms with van der Waals surface area (Å²) in [4.78, 5) is 17.7. The molecule has 0 unspecified atom stereocenters. The first kappa shape index (κ1) is 15.4. The van der Waals surface area contributed by atoms with Crippen molar-refractivity contribution in [3.05, 3.63) is 23.9 Å². The lowest BCUT2D eigenvalue weighted by Crippen LogP contribution is -2.28. The third kappa shape index (κ3) is 4.84. The van der Waals surface area contributed by atoms with Crippen molar-refractivity contribution in [3.8, 4) is 0 Å². The highest BCUT2D eigenvalue weighted by molar-refractivity contribution is 5.90. The molecule has 1 N–H and O–H groups in total. The number of rotatable bonds is 8. The van der Waals surface area contributed by atoms with E-state index in [1.54, 1.807) is 18.3 Å². The third-order valence-electron chi connectivity index (χ3n) is 2.61. The number of aromatic nitrogens is 1. The summed E-state index contributed by atoms with van der Waals surface area (Å²) in [5, 5.41) is 8.63. The van der Waals surface area contributed by atoms with Crippen LogP contribution in [0.2, 0.25) is 0 Å². The first-order chi connectivity index (χ1) is 9.22. The zero-order valence-electron chi connectivity index (χ0n) is 11.3. The number of likely N-dealkylation sites (N-methyl/N-ethyl adjacent to an activating group) is 1. The van der Waals surface area contributed by atoms with Crippen LogP contribution in [0.3, 0.4) is 0 Å². The van der Waals surface area contributed by atoms with E-state index in [2.05, 4.69) is 9.72 Å². The fraction of sp³-hybridized carbons (Fsp3) is 0.538. The Morgan fingerprint density at radius 3 is 2.89 bits per heavy atom. The molecule has 6 nitrogen and oxygen atoms in total. The van der Waals surface area contributed by atoms with Crippen LogP contribution in [0.1, 0.15) is 17.3 Å². The highest BCUT2D eigenvalue weighted by atomic mass is 16.5. The van der Waals surface area contributed by atoms with Gasteiger partial charge in [-0.3, -0.25) is 0 Å². The van der Waals surface area contributed by atoms with E-state index >= 15 is 0 Å². The molecule has 0 radical (unpaired) electrons. The second-order valence-corrected chi connectivity index (χ2v) is 3.81. The summed E-state index contributed by atoms with van der Waals surface area (Å²) in [6.45, 7) is 4.24. The van der Waals surface area contributed by atoms with E-state index in [9.17, 15) is 4.79 Å². The molecule has 1 heterocycles. The summed E-state index contributed by atoms with van der Waals surface area (Å²) in [5.41, 5.74) is 0.474. The minimum atomic E-state index is -0.378. The number of anilines is 1. The van der Waals surface area contributed by atoms with Crippen LogP contribution in [0.25, 0.3) is 0 Å². The number of hydrogen-bond acceptors (Lipinski definition) is 6. The van der Waals surface area contributed by atoms with E-state index in [4.69, 9.17) is 9.84 Å². The minimum absolute atomic E-state index is 0.0161. The van der Waals surface area contributed by atoms with Gasteiger partial charge in [-0.05, 0) is 19.1 Å². The van der Waals surface area contributed by atoms with Crippen molar-refractivity contribution >= 4 is 11.8 Å². The molecule has 0 bridgehead atoms. The van der Waals surface area contributed by atoms with Crippen LogP contribution in [-0.4, -0.2) is 56.1 Å². The fourth-order valence-electron chi connectivity index (χ4n) is 1.61. The maximum Gasteiger partial charge on any atom is 0.338 e. The van der Waals surface area contributed by atoms with Gasteiger partial charge in [0, 0.05) is 19.3 Å². The SMILES string of the molecule is CCN(CCOCCO)c1cc(C(=O)OC)ccn1. The Hall–Kier alpha value is -1.66.